The van der Waals surface area contributed by atoms with E-state index in [1.54, 1.807) is 0 Å². The van der Waals surface area contributed by atoms with Gasteiger partial charge in [0, 0.05) is 18.7 Å². The summed E-state index contributed by atoms with van der Waals surface area (Å²) < 4.78 is 0. The summed E-state index contributed by atoms with van der Waals surface area (Å²) in [6.07, 6.45) is 9.31. The standard InChI is InChI=1S/C17H26N2O/c18-16-9-7-14(8-10-16)11-12-19-17(20)13-15-5-3-1-2-4-6-15/h7-10,15H,1-6,11-13,18H2,(H,19,20). The van der Waals surface area contributed by atoms with Crippen molar-refractivity contribution in [2.45, 2.75) is 51.4 Å². The fourth-order valence-electron chi connectivity index (χ4n) is 2.93. The Morgan fingerprint density at radius 2 is 1.75 bits per heavy atom. The molecule has 0 atom stereocenters. The van der Waals surface area contributed by atoms with Crippen LogP contribution in [0.15, 0.2) is 24.3 Å². The molecular formula is C17H26N2O. The van der Waals surface area contributed by atoms with Crippen molar-refractivity contribution in [2.24, 2.45) is 5.92 Å². The molecule has 0 bridgehead atoms. The maximum Gasteiger partial charge on any atom is 0.220 e. The quantitative estimate of drug-likeness (QED) is 0.639. The Balaban J connectivity index is 1.65. The molecule has 1 fully saturated rings. The summed E-state index contributed by atoms with van der Waals surface area (Å²) in [7, 11) is 0. The molecular weight excluding hydrogens is 248 g/mol. The van der Waals surface area contributed by atoms with Crippen LogP contribution in [-0.2, 0) is 11.2 Å². The lowest BCUT2D eigenvalue weighted by atomic mass is 9.96. The highest BCUT2D eigenvalue weighted by Gasteiger charge is 2.15. The van der Waals surface area contributed by atoms with Crippen LogP contribution in [-0.4, -0.2) is 12.5 Å². The predicted molar refractivity (Wildman–Crippen MR) is 83.4 cm³/mol. The molecule has 0 heterocycles. The molecule has 2 rings (SSSR count). The van der Waals surface area contributed by atoms with Crippen LogP contribution in [0.25, 0.3) is 0 Å². The molecule has 0 radical (unpaired) electrons. The summed E-state index contributed by atoms with van der Waals surface area (Å²) >= 11 is 0. The molecule has 0 aliphatic heterocycles. The van der Waals surface area contributed by atoms with Crippen molar-refractivity contribution in [3.05, 3.63) is 29.8 Å². The summed E-state index contributed by atoms with van der Waals surface area (Å²) in [5.41, 5.74) is 7.65. The molecule has 1 aliphatic rings. The number of anilines is 1. The maximum atomic E-state index is 11.9. The van der Waals surface area contributed by atoms with Crippen LogP contribution in [0.3, 0.4) is 0 Å². The molecule has 3 N–H and O–H groups in total. The second-order valence-electron chi connectivity index (χ2n) is 5.90. The van der Waals surface area contributed by atoms with Gasteiger partial charge in [0.25, 0.3) is 0 Å². The van der Waals surface area contributed by atoms with Gasteiger partial charge in [-0.2, -0.15) is 0 Å². The molecule has 1 aliphatic carbocycles. The van der Waals surface area contributed by atoms with Gasteiger partial charge in [-0.05, 0) is 42.9 Å². The van der Waals surface area contributed by atoms with Gasteiger partial charge in [0.15, 0.2) is 0 Å². The number of benzene rings is 1. The lowest BCUT2D eigenvalue weighted by molar-refractivity contribution is -0.122. The lowest BCUT2D eigenvalue weighted by Crippen LogP contribution is -2.27. The Morgan fingerprint density at radius 1 is 1.10 bits per heavy atom. The second kappa shape index (κ2) is 7.93. The first kappa shape index (κ1) is 14.9. The molecule has 0 spiro atoms. The number of hydrogen-bond acceptors (Lipinski definition) is 2. The zero-order valence-corrected chi connectivity index (χ0v) is 12.2. The van der Waals surface area contributed by atoms with Crippen molar-refractivity contribution in [2.75, 3.05) is 12.3 Å². The Labute approximate surface area is 121 Å². The van der Waals surface area contributed by atoms with Crippen LogP contribution < -0.4 is 11.1 Å². The first-order chi connectivity index (χ1) is 9.74. The van der Waals surface area contributed by atoms with E-state index in [1.807, 2.05) is 24.3 Å². The third kappa shape index (κ3) is 5.24. The van der Waals surface area contributed by atoms with Crippen molar-refractivity contribution < 1.29 is 4.79 Å². The van der Waals surface area contributed by atoms with Crippen LogP contribution in [0.4, 0.5) is 5.69 Å². The highest BCUT2D eigenvalue weighted by molar-refractivity contribution is 5.76. The fraction of sp³-hybridized carbons (Fsp3) is 0.588. The van der Waals surface area contributed by atoms with Crippen LogP contribution in [0.1, 0.15) is 50.5 Å². The molecule has 1 aromatic rings. The second-order valence-corrected chi connectivity index (χ2v) is 5.90. The van der Waals surface area contributed by atoms with Gasteiger partial charge in [0.1, 0.15) is 0 Å². The van der Waals surface area contributed by atoms with Crippen LogP contribution >= 0.6 is 0 Å². The van der Waals surface area contributed by atoms with E-state index in [9.17, 15) is 4.79 Å². The highest BCUT2D eigenvalue weighted by atomic mass is 16.1. The SMILES string of the molecule is Nc1ccc(CCNC(=O)CC2CCCCCC2)cc1. The molecule has 1 saturated carbocycles. The molecule has 3 heteroatoms. The van der Waals surface area contributed by atoms with E-state index in [4.69, 9.17) is 5.73 Å². The molecule has 0 unspecified atom stereocenters. The number of rotatable bonds is 5. The average Bonchev–Trinajstić information content (AvgIpc) is 2.70. The summed E-state index contributed by atoms with van der Waals surface area (Å²) in [4.78, 5) is 11.9. The Hall–Kier alpha value is -1.51. The van der Waals surface area contributed by atoms with Crippen LogP contribution in [0.5, 0.6) is 0 Å². The highest BCUT2D eigenvalue weighted by Crippen LogP contribution is 2.25. The fourth-order valence-corrected chi connectivity index (χ4v) is 2.93. The van der Waals surface area contributed by atoms with Crippen molar-refractivity contribution in [3.8, 4) is 0 Å². The number of carbonyl (C=O) groups excluding carboxylic acids is 1. The molecule has 0 saturated heterocycles. The summed E-state index contributed by atoms with van der Waals surface area (Å²) in [5, 5.41) is 3.04. The van der Waals surface area contributed by atoms with Gasteiger partial charge in [-0.1, -0.05) is 37.8 Å². The monoisotopic (exact) mass is 274 g/mol. The van der Waals surface area contributed by atoms with Crippen LogP contribution in [0, 0.1) is 5.92 Å². The van der Waals surface area contributed by atoms with E-state index in [2.05, 4.69) is 5.32 Å². The van der Waals surface area contributed by atoms with E-state index < -0.39 is 0 Å². The number of nitrogens with one attached hydrogen (secondary N) is 1. The Kier molecular flexibility index (Phi) is 5.90. The number of hydrogen-bond donors (Lipinski definition) is 2. The summed E-state index contributed by atoms with van der Waals surface area (Å²) in [5.74, 6) is 0.821. The van der Waals surface area contributed by atoms with Gasteiger partial charge in [-0.15, -0.1) is 0 Å². The first-order valence-electron chi connectivity index (χ1n) is 7.85. The molecule has 1 aromatic carbocycles. The van der Waals surface area contributed by atoms with E-state index in [1.165, 1.54) is 44.1 Å². The predicted octanol–water partition coefficient (Wildman–Crippen LogP) is 3.29. The van der Waals surface area contributed by atoms with Gasteiger partial charge in [-0.25, -0.2) is 0 Å². The Morgan fingerprint density at radius 3 is 2.40 bits per heavy atom. The van der Waals surface area contributed by atoms with Gasteiger partial charge in [0.05, 0.1) is 0 Å². The van der Waals surface area contributed by atoms with Crippen LogP contribution in [0.2, 0.25) is 0 Å². The lowest BCUT2D eigenvalue weighted by Gasteiger charge is -2.13. The average molecular weight is 274 g/mol. The molecule has 20 heavy (non-hydrogen) atoms. The maximum absolute atomic E-state index is 11.9. The third-order valence-corrected chi connectivity index (χ3v) is 4.16. The normalized spacial score (nSPS) is 16.6. The minimum Gasteiger partial charge on any atom is -0.399 e. The van der Waals surface area contributed by atoms with Gasteiger partial charge >= 0.3 is 0 Å². The first-order valence-corrected chi connectivity index (χ1v) is 7.85. The van der Waals surface area contributed by atoms with E-state index in [0.29, 0.717) is 12.3 Å². The number of nitrogens with two attached hydrogens (primary N) is 1. The minimum absolute atomic E-state index is 0.215. The number of carbonyl (C=O) groups is 1. The van der Waals surface area contributed by atoms with Crippen molar-refractivity contribution in [1.82, 2.24) is 5.32 Å². The topological polar surface area (TPSA) is 55.1 Å². The minimum atomic E-state index is 0.215. The summed E-state index contributed by atoms with van der Waals surface area (Å²) in [6.45, 7) is 0.718. The van der Waals surface area contributed by atoms with Crippen molar-refractivity contribution in [1.29, 1.82) is 0 Å². The molecule has 1 amide bonds. The Bertz CT molecular complexity index is 406. The number of amides is 1. The van der Waals surface area contributed by atoms with E-state index >= 15 is 0 Å². The van der Waals surface area contributed by atoms with E-state index in [-0.39, 0.29) is 5.91 Å². The van der Waals surface area contributed by atoms with Crippen molar-refractivity contribution >= 4 is 11.6 Å². The van der Waals surface area contributed by atoms with Gasteiger partial charge in [-0.3, -0.25) is 4.79 Å². The molecule has 0 aromatic heterocycles. The smallest absolute Gasteiger partial charge is 0.220 e. The van der Waals surface area contributed by atoms with Crippen molar-refractivity contribution in [3.63, 3.8) is 0 Å². The summed E-state index contributed by atoms with van der Waals surface area (Å²) in [6, 6.07) is 7.85. The largest absolute Gasteiger partial charge is 0.399 e. The van der Waals surface area contributed by atoms with Gasteiger partial charge < -0.3 is 11.1 Å². The zero-order chi connectivity index (χ0) is 14.2. The van der Waals surface area contributed by atoms with E-state index in [0.717, 1.165) is 18.7 Å². The number of nitrogen functional groups attached to an aromatic ring is 1. The van der Waals surface area contributed by atoms with Gasteiger partial charge in [0.2, 0.25) is 5.91 Å². The zero-order valence-electron chi connectivity index (χ0n) is 12.2. The third-order valence-electron chi connectivity index (χ3n) is 4.16. The molecule has 3 nitrogen and oxygen atoms in total. The molecule has 110 valence electrons.